The molecule has 0 amide bonds. The number of hydrogen-bond acceptors (Lipinski definition) is 3. The zero-order valence-corrected chi connectivity index (χ0v) is 11.7. The van der Waals surface area contributed by atoms with Gasteiger partial charge in [0.25, 0.3) is 0 Å². The highest BCUT2D eigenvalue weighted by atomic mass is 35.5. The fourth-order valence-corrected chi connectivity index (χ4v) is 4.61. The number of benzene rings is 1. The van der Waals surface area contributed by atoms with Crippen molar-refractivity contribution in [1.29, 1.82) is 0 Å². The van der Waals surface area contributed by atoms with Crippen LogP contribution in [0.3, 0.4) is 0 Å². The first-order chi connectivity index (χ1) is 8.94. The third kappa shape index (κ3) is 2.42. The first-order valence-corrected chi connectivity index (χ1v) is 8.23. The van der Waals surface area contributed by atoms with Crippen LogP contribution in [0.5, 0.6) is 0 Å². The van der Waals surface area contributed by atoms with E-state index in [9.17, 15) is 13.2 Å². The molecule has 3 rings (SSSR count). The number of sulfone groups is 1. The Morgan fingerprint density at radius 3 is 2.89 bits per heavy atom. The molecule has 1 fully saturated rings. The first-order valence-electron chi connectivity index (χ1n) is 6.03. The van der Waals surface area contributed by atoms with Crippen molar-refractivity contribution in [2.24, 2.45) is 5.92 Å². The minimum atomic E-state index is -2.92. The lowest BCUT2D eigenvalue weighted by molar-refractivity contribution is 0.490. The molecule has 0 radical (unpaired) electrons. The highest BCUT2D eigenvalue weighted by Crippen LogP contribution is 2.22. The average molecular weight is 301 g/mol. The van der Waals surface area contributed by atoms with Crippen LogP contribution in [0.15, 0.2) is 23.0 Å². The summed E-state index contributed by atoms with van der Waals surface area (Å²) in [5.74, 6) is 0.401. The molecule has 1 aromatic carbocycles. The molecule has 7 heteroatoms. The monoisotopic (exact) mass is 300 g/mol. The normalized spacial score (nSPS) is 22.1. The highest BCUT2D eigenvalue weighted by Gasteiger charge is 2.28. The molecule has 0 saturated carbocycles. The van der Waals surface area contributed by atoms with E-state index in [0.717, 1.165) is 5.52 Å². The van der Waals surface area contributed by atoms with E-state index in [0.29, 0.717) is 23.5 Å². The van der Waals surface area contributed by atoms with Gasteiger partial charge in [0.1, 0.15) is 0 Å². The van der Waals surface area contributed by atoms with Crippen LogP contribution >= 0.6 is 11.6 Å². The van der Waals surface area contributed by atoms with Crippen LogP contribution in [-0.2, 0) is 16.4 Å². The maximum atomic E-state index is 11.9. The standard InChI is InChI=1S/C12H13ClN2O3S/c13-9-1-2-11-10(5-9)14-12(16)15(11)6-8-3-4-19(17,18)7-8/h1-2,5,8H,3-4,6-7H2,(H,14,16). The van der Waals surface area contributed by atoms with Crippen LogP contribution in [0.4, 0.5) is 0 Å². The van der Waals surface area contributed by atoms with Gasteiger partial charge < -0.3 is 4.98 Å². The Morgan fingerprint density at radius 2 is 2.21 bits per heavy atom. The number of rotatable bonds is 2. The van der Waals surface area contributed by atoms with Gasteiger partial charge in [-0.15, -0.1) is 0 Å². The predicted octanol–water partition coefficient (Wildman–Crippen LogP) is 1.42. The number of nitrogens with zero attached hydrogens (tertiary/aromatic N) is 1. The zero-order valence-electron chi connectivity index (χ0n) is 10.1. The summed E-state index contributed by atoms with van der Waals surface area (Å²) < 4.78 is 24.5. The van der Waals surface area contributed by atoms with Crippen molar-refractivity contribution in [1.82, 2.24) is 9.55 Å². The molecule has 0 spiro atoms. The number of hydrogen-bond donors (Lipinski definition) is 1. The van der Waals surface area contributed by atoms with E-state index < -0.39 is 9.84 Å². The molecule has 1 unspecified atom stereocenters. The lowest BCUT2D eigenvalue weighted by atomic mass is 10.1. The molecular weight excluding hydrogens is 288 g/mol. The van der Waals surface area contributed by atoms with Crippen molar-refractivity contribution in [2.45, 2.75) is 13.0 Å². The Balaban J connectivity index is 1.97. The van der Waals surface area contributed by atoms with Crippen LogP contribution in [0.25, 0.3) is 11.0 Å². The third-order valence-corrected chi connectivity index (χ3v) is 5.58. The molecule has 19 heavy (non-hydrogen) atoms. The number of nitrogens with one attached hydrogen (secondary N) is 1. The summed E-state index contributed by atoms with van der Waals surface area (Å²) >= 11 is 5.88. The Bertz CT molecular complexity index is 791. The second-order valence-corrected chi connectivity index (χ2v) is 7.64. The smallest absolute Gasteiger partial charge is 0.305 e. The van der Waals surface area contributed by atoms with Gasteiger partial charge in [-0.05, 0) is 30.5 Å². The van der Waals surface area contributed by atoms with Crippen molar-refractivity contribution < 1.29 is 8.42 Å². The van der Waals surface area contributed by atoms with Gasteiger partial charge in [-0.1, -0.05) is 11.6 Å². The fraction of sp³-hybridized carbons (Fsp3) is 0.417. The van der Waals surface area contributed by atoms with E-state index in [-0.39, 0.29) is 23.1 Å². The summed E-state index contributed by atoms with van der Waals surface area (Å²) in [7, 11) is -2.92. The molecule has 2 heterocycles. The van der Waals surface area contributed by atoms with Crippen molar-refractivity contribution in [3.63, 3.8) is 0 Å². The lowest BCUT2D eigenvalue weighted by Gasteiger charge is -2.08. The van der Waals surface area contributed by atoms with Crippen molar-refractivity contribution in [3.05, 3.63) is 33.7 Å². The Kier molecular flexibility index (Phi) is 2.94. The van der Waals surface area contributed by atoms with E-state index in [4.69, 9.17) is 11.6 Å². The lowest BCUT2D eigenvalue weighted by Crippen LogP contribution is -2.22. The third-order valence-electron chi connectivity index (χ3n) is 3.50. The van der Waals surface area contributed by atoms with Gasteiger partial charge >= 0.3 is 5.69 Å². The summed E-state index contributed by atoms with van der Waals surface area (Å²) in [6.45, 7) is 0.430. The number of fused-ring (bicyclic) bond motifs is 1. The number of halogens is 1. The first kappa shape index (κ1) is 12.7. The minimum Gasteiger partial charge on any atom is -0.305 e. The molecule has 1 aromatic heterocycles. The molecule has 0 bridgehead atoms. The number of aromatic amines is 1. The zero-order chi connectivity index (χ0) is 13.6. The summed E-state index contributed by atoms with van der Waals surface area (Å²) in [4.78, 5) is 14.6. The maximum absolute atomic E-state index is 11.9. The Labute approximate surface area is 115 Å². The van der Waals surface area contributed by atoms with Gasteiger partial charge in [0.15, 0.2) is 9.84 Å². The number of imidazole rings is 1. The predicted molar refractivity (Wildman–Crippen MR) is 74.3 cm³/mol. The second-order valence-electron chi connectivity index (χ2n) is 4.97. The van der Waals surface area contributed by atoms with Gasteiger partial charge in [-0.2, -0.15) is 0 Å². The van der Waals surface area contributed by atoms with E-state index in [2.05, 4.69) is 4.98 Å². The highest BCUT2D eigenvalue weighted by molar-refractivity contribution is 7.91. The second kappa shape index (κ2) is 4.38. The van der Waals surface area contributed by atoms with Crippen LogP contribution in [0, 0.1) is 5.92 Å². The molecule has 0 aliphatic carbocycles. The van der Waals surface area contributed by atoms with E-state index in [1.54, 1.807) is 22.8 Å². The summed E-state index contributed by atoms with van der Waals surface area (Å²) in [5.41, 5.74) is 1.22. The fourth-order valence-electron chi connectivity index (χ4n) is 2.59. The topological polar surface area (TPSA) is 71.9 Å². The molecule has 2 aromatic rings. The van der Waals surface area contributed by atoms with Crippen molar-refractivity contribution in [2.75, 3.05) is 11.5 Å². The summed E-state index contributed by atoms with van der Waals surface area (Å²) in [6, 6.07) is 5.19. The molecule has 1 N–H and O–H groups in total. The van der Waals surface area contributed by atoms with Gasteiger partial charge in [0.2, 0.25) is 0 Å². The van der Waals surface area contributed by atoms with Gasteiger partial charge in [0.05, 0.1) is 22.5 Å². The molecule has 1 aliphatic rings. The van der Waals surface area contributed by atoms with E-state index >= 15 is 0 Å². The largest absolute Gasteiger partial charge is 0.326 e. The minimum absolute atomic E-state index is 0.0115. The molecule has 102 valence electrons. The van der Waals surface area contributed by atoms with Crippen LogP contribution < -0.4 is 5.69 Å². The SMILES string of the molecule is O=c1[nH]c2cc(Cl)ccc2n1CC1CCS(=O)(=O)C1. The van der Waals surface area contributed by atoms with E-state index in [1.165, 1.54) is 0 Å². The molecular formula is C12H13ClN2O3S. The number of H-pyrrole nitrogens is 1. The van der Waals surface area contributed by atoms with Crippen LogP contribution in [0.2, 0.25) is 5.02 Å². The summed E-state index contributed by atoms with van der Waals surface area (Å²) in [6.07, 6.45) is 0.620. The average Bonchev–Trinajstić information content (AvgIpc) is 2.80. The van der Waals surface area contributed by atoms with Crippen molar-refractivity contribution >= 4 is 32.5 Å². The molecule has 1 atom stereocenters. The van der Waals surface area contributed by atoms with Crippen LogP contribution in [-0.4, -0.2) is 29.5 Å². The summed E-state index contributed by atoms with van der Waals surface area (Å²) in [5, 5.41) is 0.560. The van der Waals surface area contributed by atoms with Crippen molar-refractivity contribution in [3.8, 4) is 0 Å². The Hall–Kier alpha value is -1.27. The quantitative estimate of drug-likeness (QED) is 0.911. The molecule has 1 saturated heterocycles. The van der Waals surface area contributed by atoms with Gasteiger partial charge in [-0.3, -0.25) is 4.57 Å². The number of aromatic nitrogens is 2. The maximum Gasteiger partial charge on any atom is 0.326 e. The van der Waals surface area contributed by atoms with Gasteiger partial charge in [-0.25, -0.2) is 13.2 Å². The molecule has 5 nitrogen and oxygen atoms in total. The molecule has 1 aliphatic heterocycles. The van der Waals surface area contributed by atoms with Crippen LogP contribution in [0.1, 0.15) is 6.42 Å². The Morgan fingerprint density at radius 1 is 1.42 bits per heavy atom. The van der Waals surface area contributed by atoms with Gasteiger partial charge in [0, 0.05) is 11.6 Å². The van der Waals surface area contributed by atoms with E-state index in [1.807, 2.05) is 0 Å².